The molecule has 1 amide bonds. The summed E-state index contributed by atoms with van der Waals surface area (Å²) in [5.41, 5.74) is 0. The van der Waals surface area contributed by atoms with Crippen LogP contribution >= 0.6 is 27.3 Å². The minimum Gasteiger partial charge on any atom is -0.354 e. The summed E-state index contributed by atoms with van der Waals surface area (Å²) in [6.07, 6.45) is 3.22. The van der Waals surface area contributed by atoms with Crippen LogP contribution in [0, 0.1) is 5.92 Å². The third-order valence-corrected chi connectivity index (χ3v) is 5.03. The number of amides is 1. The first-order chi connectivity index (χ1) is 8.66. The molecule has 1 aliphatic heterocycles. The van der Waals surface area contributed by atoms with Gasteiger partial charge in [-0.1, -0.05) is 6.92 Å². The van der Waals surface area contributed by atoms with Crippen LogP contribution in [0.15, 0.2) is 15.9 Å². The van der Waals surface area contributed by atoms with E-state index in [1.807, 2.05) is 6.07 Å². The molecule has 0 bridgehead atoms. The quantitative estimate of drug-likeness (QED) is 0.890. The Hall–Kier alpha value is -0.390. The second-order valence-electron chi connectivity index (χ2n) is 4.80. The number of carbonyl (C=O) groups excluding carboxylic acids is 1. The predicted molar refractivity (Wildman–Crippen MR) is 78.9 cm³/mol. The molecule has 5 heteroatoms. The molecule has 0 aliphatic carbocycles. The number of rotatable bonds is 4. The molecule has 100 valence electrons. The highest BCUT2D eigenvalue weighted by Gasteiger charge is 2.26. The summed E-state index contributed by atoms with van der Waals surface area (Å²) in [5, 5.41) is 6.33. The molecule has 0 spiro atoms. The van der Waals surface area contributed by atoms with Gasteiger partial charge in [-0.3, -0.25) is 4.79 Å². The highest BCUT2D eigenvalue weighted by molar-refractivity contribution is 9.11. The van der Waals surface area contributed by atoms with Crippen molar-refractivity contribution in [2.24, 2.45) is 5.92 Å². The number of piperidine rings is 1. The Morgan fingerprint density at radius 1 is 1.61 bits per heavy atom. The van der Waals surface area contributed by atoms with Gasteiger partial charge >= 0.3 is 0 Å². The molecule has 0 radical (unpaired) electrons. The molecule has 1 aromatic rings. The summed E-state index contributed by atoms with van der Waals surface area (Å²) >= 11 is 5.17. The first-order valence-electron chi connectivity index (χ1n) is 6.42. The zero-order valence-corrected chi connectivity index (χ0v) is 12.9. The lowest BCUT2D eigenvalue weighted by atomic mass is 9.92. The number of halogens is 1. The molecule has 1 aliphatic rings. The van der Waals surface area contributed by atoms with Crippen molar-refractivity contribution < 1.29 is 4.79 Å². The van der Waals surface area contributed by atoms with E-state index in [1.54, 1.807) is 11.3 Å². The minimum absolute atomic E-state index is 0.00572. The highest BCUT2D eigenvalue weighted by Crippen LogP contribution is 2.22. The summed E-state index contributed by atoms with van der Waals surface area (Å²) in [7, 11) is 0. The maximum Gasteiger partial charge on any atom is 0.237 e. The maximum absolute atomic E-state index is 12.0. The average Bonchev–Trinajstić information content (AvgIpc) is 2.75. The highest BCUT2D eigenvalue weighted by atomic mass is 79.9. The maximum atomic E-state index is 12.0. The number of hydrogen-bond acceptors (Lipinski definition) is 3. The van der Waals surface area contributed by atoms with Crippen molar-refractivity contribution in [2.45, 2.75) is 32.2 Å². The molecular weight excluding hydrogens is 312 g/mol. The molecule has 1 aromatic heterocycles. The van der Waals surface area contributed by atoms with Crippen LogP contribution in [0.3, 0.4) is 0 Å². The zero-order chi connectivity index (χ0) is 13.0. The van der Waals surface area contributed by atoms with Gasteiger partial charge in [-0.2, -0.15) is 0 Å². The van der Waals surface area contributed by atoms with E-state index in [0.717, 1.165) is 29.7 Å². The van der Waals surface area contributed by atoms with Gasteiger partial charge in [-0.15, -0.1) is 11.3 Å². The molecule has 1 saturated heterocycles. The third kappa shape index (κ3) is 3.80. The first kappa shape index (κ1) is 14.0. The van der Waals surface area contributed by atoms with Gasteiger partial charge in [0.1, 0.15) is 0 Å². The molecule has 0 aromatic carbocycles. The lowest BCUT2D eigenvalue weighted by Gasteiger charge is -2.28. The summed E-state index contributed by atoms with van der Waals surface area (Å²) in [6.45, 7) is 3.82. The molecule has 2 atom stereocenters. The van der Waals surface area contributed by atoms with E-state index in [2.05, 4.69) is 39.6 Å². The number of hydrogen-bond donors (Lipinski definition) is 2. The minimum atomic E-state index is -0.00572. The number of thiophene rings is 1. The van der Waals surface area contributed by atoms with Gasteiger partial charge in [0.15, 0.2) is 0 Å². The monoisotopic (exact) mass is 330 g/mol. The molecular formula is C13H19BrN2OS. The van der Waals surface area contributed by atoms with Gasteiger partial charge in [-0.05, 0) is 59.8 Å². The summed E-state index contributed by atoms with van der Waals surface area (Å²) in [6, 6.07) is 4.14. The van der Waals surface area contributed by atoms with Crippen LogP contribution in [0.1, 0.15) is 24.6 Å². The van der Waals surface area contributed by atoms with Crippen molar-refractivity contribution >= 4 is 33.2 Å². The third-order valence-electron chi connectivity index (χ3n) is 3.35. The Bertz CT molecular complexity index is 407. The Kier molecular flexibility index (Phi) is 5.21. The topological polar surface area (TPSA) is 41.1 Å². The molecule has 0 saturated carbocycles. The van der Waals surface area contributed by atoms with Crippen molar-refractivity contribution in [1.29, 1.82) is 0 Å². The summed E-state index contributed by atoms with van der Waals surface area (Å²) < 4.78 is 1.14. The average molecular weight is 331 g/mol. The van der Waals surface area contributed by atoms with Gasteiger partial charge in [0.2, 0.25) is 5.91 Å². The van der Waals surface area contributed by atoms with E-state index in [-0.39, 0.29) is 11.9 Å². The predicted octanol–water partition coefficient (Wildman–Crippen LogP) is 2.56. The van der Waals surface area contributed by atoms with Crippen LogP contribution in [0.5, 0.6) is 0 Å². The second kappa shape index (κ2) is 6.68. The molecule has 18 heavy (non-hydrogen) atoms. The fraction of sp³-hybridized carbons (Fsp3) is 0.615. The van der Waals surface area contributed by atoms with E-state index >= 15 is 0 Å². The fourth-order valence-electron chi connectivity index (χ4n) is 2.31. The lowest BCUT2D eigenvalue weighted by Crippen LogP contribution is -2.51. The largest absolute Gasteiger partial charge is 0.354 e. The van der Waals surface area contributed by atoms with Gasteiger partial charge in [-0.25, -0.2) is 0 Å². The standard InChI is InChI=1S/C13H19BrN2OS/c1-9-3-2-7-15-12(9)13(17)16-8-6-10-4-5-11(14)18-10/h4-5,9,12,15H,2-3,6-8H2,1H3,(H,16,17). The summed E-state index contributed by atoms with van der Waals surface area (Å²) in [5.74, 6) is 0.590. The number of carbonyl (C=O) groups is 1. The van der Waals surface area contributed by atoms with Crippen LogP contribution in [-0.2, 0) is 11.2 Å². The molecule has 2 unspecified atom stereocenters. The van der Waals surface area contributed by atoms with Crippen LogP contribution in [-0.4, -0.2) is 25.0 Å². The lowest BCUT2D eigenvalue weighted by molar-refractivity contribution is -0.124. The SMILES string of the molecule is CC1CCCNC1C(=O)NCCc1ccc(Br)s1. The molecule has 3 nitrogen and oxygen atoms in total. The Morgan fingerprint density at radius 2 is 2.44 bits per heavy atom. The summed E-state index contributed by atoms with van der Waals surface area (Å²) in [4.78, 5) is 13.3. The van der Waals surface area contributed by atoms with E-state index in [4.69, 9.17) is 0 Å². The zero-order valence-electron chi connectivity index (χ0n) is 10.5. The van der Waals surface area contributed by atoms with Crippen LogP contribution < -0.4 is 10.6 Å². The smallest absolute Gasteiger partial charge is 0.237 e. The van der Waals surface area contributed by atoms with Crippen molar-refractivity contribution in [3.8, 4) is 0 Å². The van der Waals surface area contributed by atoms with Gasteiger partial charge in [0, 0.05) is 11.4 Å². The van der Waals surface area contributed by atoms with Crippen molar-refractivity contribution in [2.75, 3.05) is 13.1 Å². The van der Waals surface area contributed by atoms with Crippen molar-refractivity contribution in [3.05, 3.63) is 20.8 Å². The van der Waals surface area contributed by atoms with E-state index in [9.17, 15) is 4.79 Å². The normalized spacial score (nSPS) is 23.9. The van der Waals surface area contributed by atoms with Gasteiger partial charge in [0.25, 0.3) is 0 Å². The molecule has 2 heterocycles. The molecule has 2 N–H and O–H groups in total. The Labute approximate surface area is 120 Å². The fourth-order valence-corrected chi connectivity index (χ4v) is 3.79. The first-order valence-corrected chi connectivity index (χ1v) is 8.03. The second-order valence-corrected chi connectivity index (χ2v) is 7.35. The van der Waals surface area contributed by atoms with E-state index in [1.165, 1.54) is 11.3 Å². The van der Waals surface area contributed by atoms with Gasteiger partial charge < -0.3 is 10.6 Å². The molecule has 1 fully saturated rings. The Morgan fingerprint density at radius 3 is 3.11 bits per heavy atom. The molecule has 2 rings (SSSR count). The number of nitrogens with one attached hydrogen (secondary N) is 2. The van der Waals surface area contributed by atoms with Crippen LogP contribution in [0.25, 0.3) is 0 Å². The van der Waals surface area contributed by atoms with Crippen molar-refractivity contribution in [3.63, 3.8) is 0 Å². The van der Waals surface area contributed by atoms with E-state index in [0.29, 0.717) is 5.92 Å². The van der Waals surface area contributed by atoms with Crippen molar-refractivity contribution in [1.82, 2.24) is 10.6 Å². The van der Waals surface area contributed by atoms with Crippen LogP contribution in [0.4, 0.5) is 0 Å². The van der Waals surface area contributed by atoms with Crippen LogP contribution in [0.2, 0.25) is 0 Å². The van der Waals surface area contributed by atoms with E-state index < -0.39 is 0 Å². The Balaban J connectivity index is 1.74. The van der Waals surface area contributed by atoms with Gasteiger partial charge in [0.05, 0.1) is 9.83 Å².